The maximum absolute atomic E-state index is 7.47. The number of ether oxygens (including phenoxy) is 2. The number of hydrogen-bond donors (Lipinski definition) is 0. The first-order valence-corrected chi connectivity index (χ1v) is 22.2. The summed E-state index contributed by atoms with van der Waals surface area (Å²) in [5.74, 6) is 3.94. The van der Waals surface area contributed by atoms with E-state index >= 15 is 0 Å². The van der Waals surface area contributed by atoms with Gasteiger partial charge in [0.2, 0.25) is 0 Å². The summed E-state index contributed by atoms with van der Waals surface area (Å²) in [5, 5.41) is 7.09. The van der Waals surface area contributed by atoms with Crippen molar-refractivity contribution in [3.8, 4) is 23.0 Å². The average Bonchev–Trinajstić information content (AvgIpc) is 3.16. The Kier molecular flexibility index (Phi) is 5.21. The van der Waals surface area contributed by atoms with Crippen LogP contribution in [0.2, 0.25) is 0 Å². The third-order valence-corrected chi connectivity index (χ3v) is 22.2. The Balaban J connectivity index is 1.36. The molecule has 0 saturated heterocycles. The molecule has 242 valence electrons. The molecule has 0 fully saturated rings. The SMILES string of the molecule is CC(C)(C)c1ccc2c(c1)Cc1c3[c]4c(c5ccccc15)Oc1[c]5c(cc6ccccc16)Oc1[c](c(cc6ccccc16)N23)[Ge]54[c]1ccccc1. The minimum absolute atomic E-state index is 0.0413. The Hall–Kier alpha value is -5.52. The second-order valence-corrected chi connectivity index (χ2v) is 23.1. The molecular formula is C47H33GeNO2. The second-order valence-electron chi connectivity index (χ2n) is 15.6. The summed E-state index contributed by atoms with van der Waals surface area (Å²) in [6.07, 6.45) is 0.871. The topological polar surface area (TPSA) is 21.7 Å². The van der Waals surface area contributed by atoms with Crippen LogP contribution in [0.5, 0.6) is 23.0 Å². The summed E-state index contributed by atoms with van der Waals surface area (Å²) < 4.78 is 20.3. The van der Waals surface area contributed by atoms with E-state index in [1.165, 1.54) is 67.5 Å². The van der Waals surface area contributed by atoms with Gasteiger partial charge in [0.05, 0.1) is 0 Å². The monoisotopic (exact) mass is 717 g/mol. The first kappa shape index (κ1) is 28.2. The Morgan fingerprint density at radius 1 is 0.549 bits per heavy atom. The van der Waals surface area contributed by atoms with E-state index in [1.54, 1.807) is 0 Å². The van der Waals surface area contributed by atoms with Crippen molar-refractivity contribution in [1.29, 1.82) is 0 Å². The number of rotatable bonds is 1. The first-order chi connectivity index (χ1) is 24.9. The molecule has 3 nitrogen and oxygen atoms in total. The molecule has 0 aliphatic carbocycles. The normalized spacial score (nSPS) is 17.2. The van der Waals surface area contributed by atoms with Gasteiger partial charge in [-0.05, 0) is 0 Å². The Morgan fingerprint density at radius 3 is 1.92 bits per heavy atom. The molecule has 0 spiro atoms. The molecule has 1 atom stereocenters. The van der Waals surface area contributed by atoms with Crippen LogP contribution in [0, 0.1) is 0 Å². The molecule has 0 N–H and O–H groups in total. The van der Waals surface area contributed by atoms with Crippen LogP contribution in [0.4, 0.5) is 17.1 Å². The fourth-order valence-corrected chi connectivity index (χ4v) is 21.5. The van der Waals surface area contributed by atoms with Crippen molar-refractivity contribution in [2.24, 2.45) is 0 Å². The molecule has 12 rings (SSSR count). The van der Waals surface area contributed by atoms with E-state index < -0.39 is 13.3 Å². The van der Waals surface area contributed by atoms with Gasteiger partial charge in [0.25, 0.3) is 0 Å². The number of nitrogens with zero attached hydrogens (tertiary/aromatic N) is 1. The van der Waals surface area contributed by atoms with Gasteiger partial charge in [-0.3, -0.25) is 0 Å². The molecular weight excluding hydrogens is 683 g/mol. The van der Waals surface area contributed by atoms with Crippen molar-refractivity contribution in [3.05, 3.63) is 150 Å². The van der Waals surface area contributed by atoms with Gasteiger partial charge in [-0.15, -0.1) is 0 Å². The molecule has 8 aromatic carbocycles. The van der Waals surface area contributed by atoms with Crippen molar-refractivity contribution in [2.75, 3.05) is 4.90 Å². The molecule has 4 heteroatoms. The van der Waals surface area contributed by atoms with Gasteiger partial charge in [0.15, 0.2) is 0 Å². The van der Waals surface area contributed by atoms with Crippen LogP contribution in [0.25, 0.3) is 32.3 Å². The van der Waals surface area contributed by atoms with Gasteiger partial charge in [0, 0.05) is 0 Å². The van der Waals surface area contributed by atoms with Crippen molar-refractivity contribution >= 4 is 80.2 Å². The summed E-state index contributed by atoms with van der Waals surface area (Å²) >= 11 is -3.93. The summed E-state index contributed by atoms with van der Waals surface area (Å²) in [4.78, 5) is 2.60. The molecule has 1 unspecified atom stereocenters. The van der Waals surface area contributed by atoms with E-state index in [9.17, 15) is 0 Å². The summed E-state index contributed by atoms with van der Waals surface area (Å²) in [6, 6.07) is 49.8. The van der Waals surface area contributed by atoms with Crippen LogP contribution in [0.3, 0.4) is 0 Å². The van der Waals surface area contributed by atoms with Gasteiger partial charge in [-0.2, -0.15) is 0 Å². The van der Waals surface area contributed by atoms with Gasteiger partial charge < -0.3 is 0 Å². The zero-order valence-electron chi connectivity index (χ0n) is 28.7. The van der Waals surface area contributed by atoms with E-state index in [-0.39, 0.29) is 5.41 Å². The third-order valence-electron chi connectivity index (χ3n) is 12.0. The maximum atomic E-state index is 7.47. The number of fused-ring (bicyclic) bond motifs is 10. The summed E-state index contributed by atoms with van der Waals surface area (Å²) in [5.41, 5.74) is 7.98. The second kappa shape index (κ2) is 9.42. The van der Waals surface area contributed by atoms with Gasteiger partial charge >= 0.3 is 300 Å². The molecule has 0 saturated carbocycles. The fourth-order valence-electron chi connectivity index (χ4n) is 9.80. The van der Waals surface area contributed by atoms with Crippen LogP contribution in [-0.2, 0) is 11.8 Å². The zero-order valence-corrected chi connectivity index (χ0v) is 30.8. The predicted octanol–water partition coefficient (Wildman–Crippen LogP) is 9.72. The molecule has 51 heavy (non-hydrogen) atoms. The summed E-state index contributed by atoms with van der Waals surface area (Å²) in [7, 11) is 0. The van der Waals surface area contributed by atoms with Crippen molar-refractivity contribution in [3.63, 3.8) is 0 Å². The minimum atomic E-state index is -3.93. The average molecular weight is 716 g/mol. The van der Waals surface area contributed by atoms with E-state index in [0.29, 0.717) is 0 Å². The van der Waals surface area contributed by atoms with Crippen LogP contribution in [0.15, 0.2) is 133 Å². The molecule has 4 heterocycles. The molecule has 0 bridgehead atoms. The quantitative estimate of drug-likeness (QED) is 0.158. The van der Waals surface area contributed by atoms with Gasteiger partial charge in [-0.1, -0.05) is 0 Å². The molecule has 0 aromatic heterocycles. The third kappa shape index (κ3) is 3.36. The number of benzene rings is 8. The Bertz CT molecular complexity index is 2890. The molecule has 0 radical (unpaired) electrons. The van der Waals surface area contributed by atoms with E-state index in [1.807, 2.05) is 0 Å². The molecule has 8 aromatic rings. The van der Waals surface area contributed by atoms with Crippen molar-refractivity contribution in [1.82, 2.24) is 0 Å². The van der Waals surface area contributed by atoms with Crippen LogP contribution in [0.1, 0.15) is 37.5 Å². The first-order valence-electron chi connectivity index (χ1n) is 18.0. The molecule has 0 amide bonds. The van der Waals surface area contributed by atoms with Crippen molar-refractivity contribution < 1.29 is 9.47 Å². The standard InChI is InChI=1S/C47H33GeNO2/c1-47(2,3)30-21-22-37-29(23-30)24-36-34-19-11-12-20-35(34)46-42-43(36)49(37)38-25-27-13-7-9-17-32(27)44-40(38)48(42,31-15-5-4-6-16-31)41-39(50-44)26-28-14-8-10-18-33(28)45(41)51-46/h4-23,25-26H,24H2,1-3H3. The fraction of sp³-hybridized carbons (Fsp3) is 0.106. The molecule has 4 aliphatic rings. The predicted molar refractivity (Wildman–Crippen MR) is 212 cm³/mol. The van der Waals surface area contributed by atoms with E-state index in [0.717, 1.165) is 45.6 Å². The Morgan fingerprint density at radius 2 is 1.18 bits per heavy atom. The van der Waals surface area contributed by atoms with Gasteiger partial charge in [-0.25, -0.2) is 0 Å². The van der Waals surface area contributed by atoms with Gasteiger partial charge in [0.1, 0.15) is 0 Å². The van der Waals surface area contributed by atoms with Crippen LogP contribution >= 0.6 is 0 Å². The molecule has 4 aliphatic heterocycles. The Labute approximate surface area is 299 Å². The zero-order chi connectivity index (χ0) is 33.8. The van der Waals surface area contributed by atoms with E-state index in [2.05, 4.69) is 159 Å². The van der Waals surface area contributed by atoms with Crippen molar-refractivity contribution in [2.45, 2.75) is 32.6 Å². The number of anilines is 3. The number of hydrogen-bond acceptors (Lipinski definition) is 3. The van der Waals surface area contributed by atoms with Crippen LogP contribution < -0.4 is 32.0 Å². The van der Waals surface area contributed by atoms with Crippen LogP contribution in [-0.4, -0.2) is 13.3 Å². The van der Waals surface area contributed by atoms with E-state index in [4.69, 9.17) is 9.47 Å². The summed E-state index contributed by atoms with van der Waals surface area (Å²) in [6.45, 7) is 6.94.